The molecule has 0 spiro atoms. The zero-order valence-electron chi connectivity index (χ0n) is 13.1. The molecule has 0 radical (unpaired) electrons. The van der Waals surface area contributed by atoms with Crippen LogP contribution in [-0.2, 0) is 9.47 Å². The minimum Gasteiger partial charge on any atom is -0.382 e. The maximum atomic E-state index is 5.24. The van der Waals surface area contributed by atoms with Crippen LogP contribution in [0.25, 0.3) is 0 Å². The van der Waals surface area contributed by atoms with Crippen LogP contribution in [0.3, 0.4) is 0 Å². The van der Waals surface area contributed by atoms with E-state index in [-0.39, 0.29) is 0 Å². The van der Waals surface area contributed by atoms with Crippen LogP contribution in [0.15, 0.2) is 0 Å². The summed E-state index contributed by atoms with van der Waals surface area (Å²) in [6.45, 7) is 18.1. The minimum absolute atomic E-state index is 0.779. The molecule has 1 fully saturated rings. The van der Waals surface area contributed by atoms with Gasteiger partial charge in [0, 0.05) is 32.8 Å². The molecule has 0 amide bonds. The monoisotopic (exact) mass is 259 g/mol. The molecule has 0 aromatic rings. The highest BCUT2D eigenvalue weighted by Crippen LogP contribution is 2.01. The quantitative estimate of drug-likeness (QED) is 0.684. The van der Waals surface area contributed by atoms with Gasteiger partial charge in [0.05, 0.1) is 13.2 Å². The molecule has 0 unspecified atom stereocenters. The molecule has 0 aromatic carbocycles. The van der Waals surface area contributed by atoms with Crippen molar-refractivity contribution in [3.63, 3.8) is 0 Å². The molecule has 1 saturated heterocycles. The normalized spacial score (nSPS) is 16.8. The van der Waals surface area contributed by atoms with E-state index in [4.69, 9.17) is 9.47 Å². The topological polar surface area (TPSA) is 21.7 Å². The summed E-state index contributed by atoms with van der Waals surface area (Å²) in [5.74, 6) is 1.57. The van der Waals surface area contributed by atoms with Gasteiger partial charge >= 0.3 is 0 Å². The lowest BCUT2D eigenvalue weighted by Gasteiger charge is -2.27. The Hall–Kier alpha value is -0.120. The average Bonchev–Trinajstić information content (AvgIpc) is 2.30. The first kappa shape index (κ1) is 17.9. The fourth-order valence-corrected chi connectivity index (χ4v) is 1.76. The first-order chi connectivity index (χ1) is 8.56. The second kappa shape index (κ2) is 11.9. The predicted molar refractivity (Wildman–Crippen MR) is 78.0 cm³/mol. The van der Waals surface area contributed by atoms with Crippen molar-refractivity contribution in [3.05, 3.63) is 0 Å². The van der Waals surface area contributed by atoms with Gasteiger partial charge in [0.1, 0.15) is 0 Å². The van der Waals surface area contributed by atoms with Gasteiger partial charge in [0.25, 0.3) is 0 Å². The van der Waals surface area contributed by atoms with Crippen LogP contribution in [-0.4, -0.2) is 51.0 Å². The van der Waals surface area contributed by atoms with Gasteiger partial charge in [0.15, 0.2) is 0 Å². The van der Waals surface area contributed by atoms with Crippen LogP contribution < -0.4 is 0 Å². The average molecular weight is 259 g/mol. The van der Waals surface area contributed by atoms with E-state index in [1.54, 1.807) is 0 Å². The van der Waals surface area contributed by atoms with Crippen LogP contribution in [0, 0.1) is 11.8 Å². The molecular formula is C15H33NO2. The Morgan fingerprint density at radius 1 is 1.06 bits per heavy atom. The van der Waals surface area contributed by atoms with Crippen LogP contribution in [0.1, 0.15) is 41.0 Å². The van der Waals surface area contributed by atoms with Crippen molar-refractivity contribution in [2.75, 3.05) is 46.1 Å². The molecule has 0 saturated carbocycles. The molecule has 0 atom stereocenters. The highest BCUT2D eigenvalue weighted by molar-refractivity contribution is 4.62. The third-order valence-electron chi connectivity index (χ3n) is 2.77. The Labute approximate surface area is 114 Å². The van der Waals surface area contributed by atoms with Crippen molar-refractivity contribution in [3.8, 4) is 0 Å². The van der Waals surface area contributed by atoms with E-state index < -0.39 is 0 Å². The van der Waals surface area contributed by atoms with Crippen LogP contribution in [0.5, 0.6) is 0 Å². The van der Waals surface area contributed by atoms with E-state index in [2.05, 4.69) is 32.6 Å². The number of nitrogens with zero attached hydrogens (tertiary/aromatic N) is 1. The molecule has 1 aliphatic rings. The molecule has 1 aliphatic heterocycles. The van der Waals surface area contributed by atoms with Crippen LogP contribution >= 0.6 is 0 Å². The van der Waals surface area contributed by atoms with Gasteiger partial charge < -0.3 is 9.47 Å². The van der Waals surface area contributed by atoms with Crippen molar-refractivity contribution in [2.24, 2.45) is 11.8 Å². The van der Waals surface area contributed by atoms with Crippen molar-refractivity contribution in [1.82, 2.24) is 4.90 Å². The fraction of sp³-hybridized carbons (Fsp3) is 1.00. The fourth-order valence-electron chi connectivity index (χ4n) is 1.76. The lowest BCUT2D eigenvalue weighted by Crippen LogP contribution is -2.38. The summed E-state index contributed by atoms with van der Waals surface area (Å²) in [6.07, 6.45) is 1.19. The lowest BCUT2D eigenvalue weighted by atomic mass is 10.1. The molecule has 18 heavy (non-hydrogen) atoms. The maximum Gasteiger partial charge on any atom is 0.0594 e. The van der Waals surface area contributed by atoms with Crippen LogP contribution in [0.4, 0.5) is 0 Å². The third-order valence-corrected chi connectivity index (χ3v) is 2.77. The molecule has 1 heterocycles. The summed E-state index contributed by atoms with van der Waals surface area (Å²) in [6, 6.07) is 0. The van der Waals surface area contributed by atoms with Crippen molar-refractivity contribution in [2.45, 2.75) is 41.0 Å². The second-order valence-electron chi connectivity index (χ2n) is 5.69. The molecule has 0 aliphatic carbocycles. The molecule has 3 nitrogen and oxygen atoms in total. The maximum absolute atomic E-state index is 5.24. The van der Waals surface area contributed by atoms with Gasteiger partial charge in [-0.05, 0) is 25.2 Å². The molecule has 110 valence electrons. The Bertz CT molecular complexity index is 166. The zero-order chi connectivity index (χ0) is 13.8. The summed E-state index contributed by atoms with van der Waals surface area (Å²) >= 11 is 0. The lowest BCUT2D eigenvalue weighted by molar-refractivity contribution is 0.0329. The van der Waals surface area contributed by atoms with E-state index in [1.807, 2.05) is 6.92 Å². The third kappa shape index (κ3) is 12.3. The highest BCUT2D eigenvalue weighted by atomic mass is 16.5. The van der Waals surface area contributed by atoms with Gasteiger partial charge in [0.2, 0.25) is 0 Å². The number of morpholine rings is 1. The smallest absolute Gasteiger partial charge is 0.0594 e. The molecule has 0 N–H and O–H groups in total. The van der Waals surface area contributed by atoms with Gasteiger partial charge in [-0.15, -0.1) is 0 Å². The summed E-state index contributed by atoms with van der Waals surface area (Å²) in [5, 5.41) is 0. The van der Waals surface area contributed by atoms with E-state index in [0.29, 0.717) is 0 Å². The van der Waals surface area contributed by atoms with Crippen molar-refractivity contribution < 1.29 is 9.47 Å². The number of ether oxygens (including phenoxy) is 2. The first-order valence-electron chi connectivity index (χ1n) is 7.44. The molecule has 1 rings (SSSR count). The standard InChI is InChI=1S/C8H17NO.C7H16O/c1-8(2)7-9-3-5-10-6-4-9;1-4-8-6-5-7(2)3/h8H,3-7H2,1-2H3;7H,4-6H2,1-3H3. The predicted octanol–water partition coefficient (Wildman–Crippen LogP) is 3.04. The van der Waals surface area contributed by atoms with E-state index in [1.165, 1.54) is 13.0 Å². The number of hydrogen-bond acceptors (Lipinski definition) is 3. The number of hydrogen-bond donors (Lipinski definition) is 0. The van der Waals surface area contributed by atoms with Gasteiger partial charge in [-0.1, -0.05) is 27.7 Å². The van der Waals surface area contributed by atoms with Crippen molar-refractivity contribution in [1.29, 1.82) is 0 Å². The Morgan fingerprint density at radius 2 is 1.67 bits per heavy atom. The summed E-state index contributed by atoms with van der Waals surface area (Å²) < 4.78 is 10.4. The van der Waals surface area contributed by atoms with Gasteiger partial charge in [-0.3, -0.25) is 4.90 Å². The summed E-state index contributed by atoms with van der Waals surface area (Å²) in [4.78, 5) is 2.47. The summed E-state index contributed by atoms with van der Waals surface area (Å²) in [5.41, 5.74) is 0. The molecule has 0 bridgehead atoms. The van der Waals surface area contributed by atoms with E-state index in [0.717, 1.165) is 51.4 Å². The van der Waals surface area contributed by atoms with Crippen LogP contribution in [0.2, 0.25) is 0 Å². The molecule has 0 aromatic heterocycles. The first-order valence-corrected chi connectivity index (χ1v) is 7.44. The SMILES string of the molecule is CC(C)CN1CCOCC1.CCOCCC(C)C. The Morgan fingerprint density at radius 3 is 2.11 bits per heavy atom. The van der Waals surface area contributed by atoms with E-state index in [9.17, 15) is 0 Å². The molecular weight excluding hydrogens is 226 g/mol. The van der Waals surface area contributed by atoms with Gasteiger partial charge in [-0.2, -0.15) is 0 Å². The minimum atomic E-state index is 0.779. The zero-order valence-corrected chi connectivity index (χ0v) is 13.1. The van der Waals surface area contributed by atoms with E-state index >= 15 is 0 Å². The highest BCUT2D eigenvalue weighted by Gasteiger charge is 2.10. The van der Waals surface area contributed by atoms with Gasteiger partial charge in [-0.25, -0.2) is 0 Å². The molecule has 3 heteroatoms. The summed E-state index contributed by atoms with van der Waals surface area (Å²) in [7, 11) is 0. The Balaban J connectivity index is 0.000000331. The van der Waals surface area contributed by atoms with Crippen molar-refractivity contribution >= 4 is 0 Å². The largest absolute Gasteiger partial charge is 0.382 e. The number of rotatable bonds is 6. The Kier molecular flexibility index (Phi) is 11.9. The second-order valence-corrected chi connectivity index (χ2v) is 5.69.